The SMILES string of the molecule is CCn1c(-c2ccc(Cl)cc2)csc1=Nc1cc(Cl)ccc1Cl. The van der Waals surface area contributed by atoms with Gasteiger partial charge in [0.1, 0.15) is 0 Å². The summed E-state index contributed by atoms with van der Waals surface area (Å²) >= 11 is 19.8. The molecule has 0 amide bonds. The third-order valence-corrected chi connectivity index (χ3v) is 5.05. The minimum atomic E-state index is 0.582. The maximum Gasteiger partial charge on any atom is 0.190 e. The van der Waals surface area contributed by atoms with Crippen LogP contribution in [0.1, 0.15) is 6.92 Å². The highest BCUT2D eigenvalue weighted by Gasteiger charge is 2.08. The van der Waals surface area contributed by atoms with Gasteiger partial charge >= 0.3 is 0 Å². The number of aromatic nitrogens is 1. The third kappa shape index (κ3) is 3.64. The van der Waals surface area contributed by atoms with Crippen LogP contribution in [0.15, 0.2) is 52.8 Å². The zero-order valence-corrected chi connectivity index (χ0v) is 15.3. The molecule has 0 unspecified atom stereocenters. The Labute approximate surface area is 153 Å². The van der Waals surface area contributed by atoms with Gasteiger partial charge in [0.15, 0.2) is 4.80 Å². The average molecular weight is 384 g/mol. The van der Waals surface area contributed by atoms with E-state index in [4.69, 9.17) is 34.8 Å². The van der Waals surface area contributed by atoms with E-state index in [-0.39, 0.29) is 0 Å². The summed E-state index contributed by atoms with van der Waals surface area (Å²) in [6.07, 6.45) is 0. The fraction of sp³-hybridized carbons (Fsp3) is 0.118. The number of benzene rings is 2. The van der Waals surface area contributed by atoms with Gasteiger partial charge in [-0.1, -0.05) is 46.9 Å². The van der Waals surface area contributed by atoms with Crippen molar-refractivity contribution in [3.8, 4) is 11.3 Å². The summed E-state index contributed by atoms with van der Waals surface area (Å²) in [7, 11) is 0. The van der Waals surface area contributed by atoms with Crippen LogP contribution in [-0.4, -0.2) is 4.57 Å². The molecule has 3 rings (SSSR count). The van der Waals surface area contributed by atoms with Gasteiger partial charge in [-0.3, -0.25) is 0 Å². The highest BCUT2D eigenvalue weighted by molar-refractivity contribution is 7.07. The lowest BCUT2D eigenvalue weighted by molar-refractivity contribution is 0.745. The number of nitrogens with zero attached hydrogens (tertiary/aromatic N) is 2. The van der Waals surface area contributed by atoms with Gasteiger partial charge in [0, 0.05) is 22.0 Å². The lowest BCUT2D eigenvalue weighted by Crippen LogP contribution is -2.14. The Hall–Kier alpha value is -1.26. The van der Waals surface area contributed by atoms with Crippen molar-refractivity contribution in [2.24, 2.45) is 4.99 Å². The highest BCUT2D eigenvalue weighted by atomic mass is 35.5. The van der Waals surface area contributed by atoms with Gasteiger partial charge in [-0.25, -0.2) is 4.99 Å². The molecule has 0 aliphatic heterocycles. The van der Waals surface area contributed by atoms with Crippen molar-refractivity contribution in [2.45, 2.75) is 13.5 Å². The molecule has 0 spiro atoms. The van der Waals surface area contributed by atoms with Crippen LogP contribution in [0.25, 0.3) is 11.3 Å². The Balaban J connectivity index is 2.13. The second-order valence-corrected chi connectivity index (χ2v) is 6.98. The fourth-order valence-electron chi connectivity index (χ4n) is 2.25. The summed E-state index contributed by atoms with van der Waals surface area (Å²) in [4.78, 5) is 5.55. The van der Waals surface area contributed by atoms with E-state index in [9.17, 15) is 0 Å². The van der Waals surface area contributed by atoms with E-state index < -0.39 is 0 Å². The fourth-order valence-corrected chi connectivity index (χ4v) is 3.69. The number of hydrogen-bond acceptors (Lipinski definition) is 2. The van der Waals surface area contributed by atoms with Gasteiger partial charge < -0.3 is 4.57 Å². The van der Waals surface area contributed by atoms with Crippen molar-refractivity contribution in [2.75, 3.05) is 0 Å². The molecule has 0 saturated heterocycles. The second-order valence-electron chi connectivity index (χ2n) is 4.86. The number of rotatable bonds is 3. The van der Waals surface area contributed by atoms with Gasteiger partial charge in [0.05, 0.1) is 16.4 Å². The Bertz CT molecular complexity index is 895. The summed E-state index contributed by atoms with van der Waals surface area (Å²) in [5.41, 5.74) is 2.88. The molecular formula is C17H13Cl3N2S. The first-order chi connectivity index (χ1) is 11.1. The van der Waals surface area contributed by atoms with Crippen molar-refractivity contribution in [3.05, 3.63) is 67.7 Å². The number of halogens is 3. The second kappa shape index (κ2) is 7.10. The van der Waals surface area contributed by atoms with E-state index in [2.05, 4.69) is 21.9 Å². The zero-order chi connectivity index (χ0) is 16.4. The normalized spacial score (nSPS) is 11.9. The van der Waals surface area contributed by atoms with Gasteiger partial charge in [-0.2, -0.15) is 0 Å². The van der Waals surface area contributed by atoms with Crippen LogP contribution in [0, 0.1) is 0 Å². The van der Waals surface area contributed by atoms with E-state index in [0.29, 0.717) is 15.7 Å². The van der Waals surface area contributed by atoms with E-state index in [1.54, 1.807) is 29.5 Å². The molecule has 0 aliphatic carbocycles. The van der Waals surface area contributed by atoms with E-state index in [1.807, 2.05) is 24.3 Å². The highest BCUT2D eigenvalue weighted by Crippen LogP contribution is 2.28. The molecule has 2 aromatic carbocycles. The molecule has 118 valence electrons. The predicted molar refractivity (Wildman–Crippen MR) is 100 cm³/mol. The monoisotopic (exact) mass is 382 g/mol. The third-order valence-electron chi connectivity index (χ3n) is 3.38. The summed E-state index contributed by atoms with van der Waals surface area (Å²) in [6.45, 7) is 2.89. The molecule has 0 bridgehead atoms. The molecule has 0 saturated carbocycles. The van der Waals surface area contributed by atoms with Crippen molar-refractivity contribution in [1.29, 1.82) is 0 Å². The van der Waals surface area contributed by atoms with Crippen molar-refractivity contribution < 1.29 is 0 Å². The van der Waals surface area contributed by atoms with Gasteiger partial charge in [-0.15, -0.1) is 11.3 Å². The maximum absolute atomic E-state index is 6.21. The maximum atomic E-state index is 6.21. The van der Waals surface area contributed by atoms with E-state index in [1.165, 1.54) is 0 Å². The molecule has 23 heavy (non-hydrogen) atoms. The van der Waals surface area contributed by atoms with Crippen molar-refractivity contribution in [3.63, 3.8) is 0 Å². The lowest BCUT2D eigenvalue weighted by Gasteiger charge is -2.06. The van der Waals surface area contributed by atoms with Gasteiger partial charge in [-0.05, 0) is 42.8 Å². The van der Waals surface area contributed by atoms with Crippen LogP contribution in [0.4, 0.5) is 5.69 Å². The van der Waals surface area contributed by atoms with Crippen LogP contribution < -0.4 is 4.80 Å². The van der Waals surface area contributed by atoms with Crippen LogP contribution in [0.3, 0.4) is 0 Å². The molecule has 6 heteroatoms. The number of thiazole rings is 1. The topological polar surface area (TPSA) is 17.3 Å². The van der Waals surface area contributed by atoms with Crippen LogP contribution in [0.2, 0.25) is 15.1 Å². The molecule has 3 aromatic rings. The summed E-state index contributed by atoms with van der Waals surface area (Å²) < 4.78 is 2.14. The van der Waals surface area contributed by atoms with Crippen LogP contribution in [-0.2, 0) is 6.54 Å². The van der Waals surface area contributed by atoms with Crippen LogP contribution >= 0.6 is 46.1 Å². The minimum absolute atomic E-state index is 0.582. The summed E-state index contributed by atoms with van der Waals surface area (Å²) in [6, 6.07) is 13.1. The summed E-state index contributed by atoms with van der Waals surface area (Å²) in [5.74, 6) is 0. The Morgan fingerprint density at radius 2 is 1.70 bits per heavy atom. The van der Waals surface area contributed by atoms with Crippen molar-refractivity contribution >= 4 is 51.8 Å². The summed E-state index contributed by atoms with van der Waals surface area (Å²) in [5, 5.41) is 4.01. The van der Waals surface area contributed by atoms with Gasteiger partial charge in [0.2, 0.25) is 0 Å². The quantitative estimate of drug-likeness (QED) is 0.496. The lowest BCUT2D eigenvalue weighted by atomic mass is 10.2. The molecule has 0 atom stereocenters. The first-order valence-corrected chi connectivity index (χ1v) is 9.04. The minimum Gasteiger partial charge on any atom is -0.317 e. The first-order valence-electron chi connectivity index (χ1n) is 7.02. The molecule has 0 fully saturated rings. The zero-order valence-electron chi connectivity index (χ0n) is 12.3. The van der Waals surface area contributed by atoms with Crippen LogP contribution in [0.5, 0.6) is 0 Å². The Morgan fingerprint density at radius 3 is 2.39 bits per heavy atom. The molecule has 1 aromatic heterocycles. The standard InChI is InChI=1S/C17H13Cl3N2S/c1-2-22-16(11-3-5-12(18)6-4-11)10-23-17(22)21-15-9-13(19)7-8-14(15)20/h3-10H,2H2,1H3. The van der Waals surface area contributed by atoms with Gasteiger partial charge in [0.25, 0.3) is 0 Å². The van der Waals surface area contributed by atoms with E-state index in [0.717, 1.165) is 27.6 Å². The first kappa shape index (κ1) is 16.6. The predicted octanol–water partition coefficient (Wildman–Crippen LogP) is 6.43. The smallest absolute Gasteiger partial charge is 0.190 e. The number of hydrogen-bond donors (Lipinski definition) is 0. The molecule has 0 radical (unpaired) electrons. The Kier molecular flexibility index (Phi) is 5.12. The largest absolute Gasteiger partial charge is 0.317 e. The molecular weight excluding hydrogens is 371 g/mol. The average Bonchev–Trinajstić information content (AvgIpc) is 2.94. The van der Waals surface area contributed by atoms with Crippen molar-refractivity contribution in [1.82, 2.24) is 4.57 Å². The molecule has 0 N–H and O–H groups in total. The molecule has 0 aliphatic rings. The Morgan fingerprint density at radius 1 is 1.00 bits per heavy atom. The molecule has 1 heterocycles. The molecule has 2 nitrogen and oxygen atoms in total. The van der Waals surface area contributed by atoms with E-state index >= 15 is 0 Å².